The lowest BCUT2D eigenvalue weighted by molar-refractivity contribution is -0.141. The second-order valence-electron chi connectivity index (χ2n) is 11.3. The number of hydrogen-bond donors (Lipinski definition) is 2. The normalized spacial score (nSPS) is 15.2. The Bertz CT molecular complexity index is 1490. The molecule has 7 heteroatoms. The van der Waals surface area contributed by atoms with E-state index in [-0.39, 0.29) is 11.8 Å². The van der Waals surface area contributed by atoms with E-state index in [9.17, 15) is 9.59 Å². The minimum Gasteiger partial charge on any atom is -0.399 e. The molecule has 1 heterocycles. The molecule has 1 aliphatic rings. The summed E-state index contributed by atoms with van der Waals surface area (Å²) in [6, 6.07) is 35.3. The third-order valence-electron chi connectivity index (χ3n) is 8.43. The van der Waals surface area contributed by atoms with Gasteiger partial charge >= 0.3 is 0 Å². The number of rotatable bonds is 12. The lowest BCUT2D eigenvalue weighted by atomic mass is 10.0. The van der Waals surface area contributed by atoms with E-state index in [1.54, 1.807) is 4.90 Å². The molecular formula is C37H43N5O2. The molecule has 0 aromatic heterocycles. The number of carbonyl (C=O) groups is 2. The van der Waals surface area contributed by atoms with Gasteiger partial charge in [-0.15, -0.1) is 0 Å². The molecule has 0 spiro atoms. The van der Waals surface area contributed by atoms with E-state index in [2.05, 4.69) is 65.4 Å². The summed E-state index contributed by atoms with van der Waals surface area (Å²) >= 11 is 0. The van der Waals surface area contributed by atoms with Gasteiger partial charge in [0.05, 0.1) is 0 Å². The van der Waals surface area contributed by atoms with Crippen LogP contribution in [0.15, 0.2) is 109 Å². The summed E-state index contributed by atoms with van der Waals surface area (Å²) in [4.78, 5) is 33.8. The first-order valence-electron chi connectivity index (χ1n) is 15.6. The summed E-state index contributed by atoms with van der Waals surface area (Å²) in [6.07, 6.45) is 1.47. The molecule has 1 aliphatic heterocycles. The smallest absolute Gasteiger partial charge is 0.247 e. The maximum absolute atomic E-state index is 14.0. The van der Waals surface area contributed by atoms with Crippen molar-refractivity contribution < 1.29 is 9.59 Å². The van der Waals surface area contributed by atoms with Crippen LogP contribution in [0.3, 0.4) is 0 Å². The van der Waals surface area contributed by atoms with Crippen LogP contribution in [0.25, 0.3) is 0 Å². The van der Waals surface area contributed by atoms with Crippen LogP contribution in [0.2, 0.25) is 0 Å². The Morgan fingerprint density at radius 3 is 1.98 bits per heavy atom. The maximum Gasteiger partial charge on any atom is 0.247 e. The lowest BCUT2D eigenvalue weighted by Crippen LogP contribution is -2.48. The number of benzene rings is 4. The average molecular weight is 590 g/mol. The van der Waals surface area contributed by atoms with Crippen LogP contribution >= 0.6 is 0 Å². The van der Waals surface area contributed by atoms with Crippen molar-refractivity contribution in [3.05, 3.63) is 126 Å². The van der Waals surface area contributed by atoms with Crippen molar-refractivity contribution in [3.8, 4) is 0 Å². The summed E-state index contributed by atoms with van der Waals surface area (Å²) in [5, 5.41) is 3.09. The van der Waals surface area contributed by atoms with Gasteiger partial charge in [-0.3, -0.25) is 14.5 Å². The van der Waals surface area contributed by atoms with Crippen LogP contribution in [0.1, 0.15) is 49.4 Å². The molecular weight excluding hydrogens is 546 g/mol. The molecule has 1 fully saturated rings. The molecule has 0 aliphatic carbocycles. The van der Waals surface area contributed by atoms with Crippen LogP contribution in [-0.4, -0.2) is 47.3 Å². The number of likely N-dealkylation sites (N-methyl/N-ethyl adjacent to an activating group) is 1. The Labute approximate surface area is 261 Å². The van der Waals surface area contributed by atoms with Gasteiger partial charge in [0.15, 0.2) is 0 Å². The van der Waals surface area contributed by atoms with Crippen LogP contribution < -0.4 is 16.0 Å². The van der Waals surface area contributed by atoms with Crippen molar-refractivity contribution in [3.63, 3.8) is 0 Å². The second kappa shape index (κ2) is 14.7. The van der Waals surface area contributed by atoms with Gasteiger partial charge in [-0.2, -0.15) is 0 Å². The third-order valence-corrected chi connectivity index (χ3v) is 8.43. The van der Waals surface area contributed by atoms with Gasteiger partial charge in [-0.1, -0.05) is 86.6 Å². The first kappa shape index (κ1) is 30.8. The molecule has 2 amide bonds. The van der Waals surface area contributed by atoms with E-state index >= 15 is 0 Å². The van der Waals surface area contributed by atoms with E-state index < -0.39 is 12.1 Å². The number of hydrogen-bond acceptors (Lipinski definition) is 5. The molecule has 5 rings (SSSR count). The summed E-state index contributed by atoms with van der Waals surface area (Å²) in [5.74, 6) is -0.140. The van der Waals surface area contributed by atoms with Crippen molar-refractivity contribution in [2.45, 2.75) is 51.9 Å². The molecule has 7 nitrogen and oxygen atoms in total. The van der Waals surface area contributed by atoms with Crippen LogP contribution in [0.5, 0.6) is 0 Å². The minimum atomic E-state index is -0.488. The standard InChI is InChI=1S/C37H43N5O2/c1-3-40(4-2)35(30-12-7-5-8-13-30)37(44)42-25-11-16-34(42)36(43)39-32-23-19-29(20-24-32)27-41(33-14-9-6-10-15-33)26-28-17-21-31(38)22-18-28/h5-10,12-15,17-24,34-35H,3-4,11,16,25-27,38H2,1-2H3,(H,39,43)/t34-,35+/m0/s1. The number of nitrogens with zero attached hydrogens (tertiary/aromatic N) is 3. The Hall–Kier alpha value is -4.62. The largest absolute Gasteiger partial charge is 0.399 e. The van der Waals surface area contributed by atoms with E-state index in [1.807, 2.05) is 72.8 Å². The predicted octanol–water partition coefficient (Wildman–Crippen LogP) is 6.49. The summed E-state index contributed by atoms with van der Waals surface area (Å²) in [5.41, 5.74) is 11.8. The first-order valence-corrected chi connectivity index (χ1v) is 15.6. The van der Waals surface area contributed by atoms with E-state index in [0.717, 1.165) is 54.2 Å². The molecule has 44 heavy (non-hydrogen) atoms. The molecule has 4 aromatic carbocycles. The molecule has 1 saturated heterocycles. The minimum absolute atomic E-state index is 0.00463. The van der Waals surface area contributed by atoms with Crippen molar-refractivity contribution in [1.29, 1.82) is 0 Å². The Morgan fingerprint density at radius 2 is 1.39 bits per heavy atom. The average Bonchev–Trinajstić information content (AvgIpc) is 3.56. The molecule has 2 atom stereocenters. The second-order valence-corrected chi connectivity index (χ2v) is 11.3. The van der Waals surface area contributed by atoms with Crippen molar-refractivity contribution in [1.82, 2.24) is 9.80 Å². The maximum atomic E-state index is 14.0. The fraction of sp³-hybridized carbons (Fsp3) is 0.297. The van der Waals surface area contributed by atoms with E-state index in [4.69, 9.17) is 5.73 Å². The van der Waals surface area contributed by atoms with Gasteiger partial charge in [0.2, 0.25) is 11.8 Å². The fourth-order valence-electron chi connectivity index (χ4n) is 6.05. The summed E-state index contributed by atoms with van der Waals surface area (Å²) < 4.78 is 0. The van der Waals surface area contributed by atoms with Crippen LogP contribution in [-0.2, 0) is 22.7 Å². The van der Waals surface area contributed by atoms with Gasteiger partial charge in [0.25, 0.3) is 0 Å². The zero-order valence-electron chi connectivity index (χ0n) is 25.7. The summed E-state index contributed by atoms with van der Waals surface area (Å²) in [6.45, 7) is 7.68. The number of nitrogens with two attached hydrogens (primary N) is 1. The quantitative estimate of drug-likeness (QED) is 0.185. The van der Waals surface area contributed by atoms with E-state index in [0.29, 0.717) is 19.5 Å². The monoisotopic (exact) mass is 589 g/mol. The Kier molecular flexibility index (Phi) is 10.3. The topological polar surface area (TPSA) is 81.9 Å². The lowest BCUT2D eigenvalue weighted by Gasteiger charge is -2.34. The molecule has 228 valence electrons. The number of anilines is 3. The highest BCUT2D eigenvalue weighted by Crippen LogP contribution is 2.29. The highest BCUT2D eigenvalue weighted by molar-refractivity contribution is 5.98. The Morgan fingerprint density at radius 1 is 0.818 bits per heavy atom. The predicted molar refractivity (Wildman–Crippen MR) is 179 cm³/mol. The highest BCUT2D eigenvalue weighted by atomic mass is 16.2. The van der Waals surface area contributed by atoms with Gasteiger partial charge in [0.1, 0.15) is 12.1 Å². The fourth-order valence-corrected chi connectivity index (χ4v) is 6.05. The zero-order valence-corrected chi connectivity index (χ0v) is 25.7. The molecule has 4 aromatic rings. The first-order chi connectivity index (χ1) is 21.5. The number of nitrogen functional groups attached to an aromatic ring is 1. The van der Waals surface area contributed by atoms with E-state index in [1.165, 1.54) is 5.56 Å². The number of nitrogens with one attached hydrogen (secondary N) is 1. The molecule has 0 radical (unpaired) electrons. The van der Waals surface area contributed by atoms with Crippen molar-refractivity contribution in [2.24, 2.45) is 0 Å². The molecule has 0 saturated carbocycles. The van der Waals surface area contributed by atoms with Gasteiger partial charge in [-0.25, -0.2) is 0 Å². The molecule has 0 unspecified atom stereocenters. The number of likely N-dealkylation sites (tertiary alicyclic amines) is 1. The number of carbonyl (C=O) groups excluding carboxylic acids is 2. The third kappa shape index (κ3) is 7.47. The SMILES string of the molecule is CCN(CC)[C@@H](C(=O)N1CCC[C@H]1C(=O)Nc1ccc(CN(Cc2ccc(N)cc2)c2ccccc2)cc1)c1ccccc1. The van der Waals surface area contributed by atoms with Crippen LogP contribution in [0.4, 0.5) is 17.1 Å². The zero-order chi connectivity index (χ0) is 30.9. The Balaban J connectivity index is 1.27. The van der Waals surface area contributed by atoms with Crippen LogP contribution in [0, 0.1) is 0 Å². The van der Waals surface area contributed by atoms with Gasteiger partial charge in [0, 0.05) is 36.7 Å². The molecule has 3 N–H and O–H groups in total. The van der Waals surface area contributed by atoms with Crippen molar-refractivity contribution >= 4 is 28.9 Å². The van der Waals surface area contributed by atoms with Crippen molar-refractivity contribution in [2.75, 3.05) is 35.6 Å². The van der Waals surface area contributed by atoms with Gasteiger partial charge < -0.3 is 20.9 Å². The summed E-state index contributed by atoms with van der Waals surface area (Å²) in [7, 11) is 0. The van der Waals surface area contributed by atoms with Gasteiger partial charge in [-0.05, 0) is 79.0 Å². The highest BCUT2D eigenvalue weighted by Gasteiger charge is 2.39. The number of amides is 2. The number of para-hydroxylation sites is 1. The molecule has 0 bridgehead atoms.